The summed E-state index contributed by atoms with van der Waals surface area (Å²) in [6.45, 7) is 0.992. The van der Waals surface area contributed by atoms with E-state index in [0.717, 1.165) is 25.4 Å². The van der Waals surface area contributed by atoms with Gasteiger partial charge >= 0.3 is 16.3 Å². The molecule has 0 aliphatic carbocycles. The highest BCUT2D eigenvalue weighted by molar-refractivity contribution is 7.87. The molecule has 2 aliphatic rings. The average Bonchev–Trinajstić information content (AvgIpc) is 3.82. The van der Waals surface area contributed by atoms with Crippen LogP contribution in [0.1, 0.15) is 31.8 Å². The highest BCUT2D eigenvalue weighted by Gasteiger charge is 2.41. The summed E-state index contributed by atoms with van der Waals surface area (Å²) in [4.78, 5) is 47.9. The molecular weight excluding hydrogens is 640 g/mol. The van der Waals surface area contributed by atoms with Crippen molar-refractivity contribution in [1.82, 2.24) is 54.3 Å². The van der Waals surface area contributed by atoms with Crippen LogP contribution in [0.15, 0.2) is 30.6 Å². The van der Waals surface area contributed by atoms with Crippen LogP contribution >= 0.6 is 11.3 Å². The molecule has 1 fully saturated rings. The first-order valence-corrected chi connectivity index (χ1v) is 16.3. The van der Waals surface area contributed by atoms with Crippen LogP contribution in [0.5, 0.6) is 0 Å². The zero-order valence-electron chi connectivity index (χ0n) is 24.8. The van der Waals surface area contributed by atoms with Crippen LogP contribution in [-0.2, 0) is 39.3 Å². The number of ether oxygens (including phenoxy) is 1. The van der Waals surface area contributed by atoms with E-state index in [9.17, 15) is 22.8 Å². The van der Waals surface area contributed by atoms with Gasteiger partial charge in [-0.1, -0.05) is 17.3 Å². The number of fused-ring (bicyclic) bond motifs is 2. The van der Waals surface area contributed by atoms with E-state index in [4.69, 9.17) is 5.41 Å². The van der Waals surface area contributed by atoms with E-state index in [0.29, 0.717) is 29.3 Å². The highest BCUT2D eigenvalue weighted by atomic mass is 32.2. The van der Waals surface area contributed by atoms with Gasteiger partial charge in [0, 0.05) is 72.8 Å². The molecule has 20 heteroatoms. The number of thiazole rings is 1. The molecule has 0 saturated carbocycles. The van der Waals surface area contributed by atoms with Gasteiger partial charge in [-0.25, -0.2) is 13.8 Å². The van der Waals surface area contributed by atoms with Crippen LogP contribution in [0, 0.1) is 5.41 Å². The van der Waals surface area contributed by atoms with Crippen molar-refractivity contribution in [3.8, 4) is 0 Å². The lowest BCUT2D eigenvalue weighted by atomic mass is 10.1. The molecule has 1 unspecified atom stereocenters. The number of hydrogen-bond acceptors (Lipinski definition) is 13. The van der Waals surface area contributed by atoms with Gasteiger partial charge in [0.25, 0.3) is 5.91 Å². The lowest BCUT2D eigenvalue weighted by molar-refractivity contribution is -0.127. The minimum absolute atomic E-state index is 0.0518. The first kappa shape index (κ1) is 31.2. The summed E-state index contributed by atoms with van der Waals surface area (Å²) >= 11 is 1.29. The molecule has 0 bridgehead atoms. The first-order chi connectivity index (χ1) is 22.0. The molecule has 4 aromatic rings. The molecule has 4 N–H and O–H groups in total. The molecule has 0 radical (unpaired) electrons. The van der Waals surface area contributed by atoms with Crippen molar-refractivity contribution in [3.05, 3.63) is 57.6 Å². The Morgan fingerprint density at radius 3 is 2.74 bits per heavy atom. The van der Waals surface area contributed by atoms with Gasteiger partial charge in [0.15, 0.2) is 10.8 Å². The lowest BCUT2D eigenvalue weighted by Crippen LogP contribution is -2.61. The number of aromatic amines is 1. The van der Waals surface area contributed by atoms with E-state index in [1.807, 2.05) is 7.05 Å². The number of amides is 3. The molecule has 2 aliphatic heterocycles. The molecule has 18 nitrogen and oxygen atoms in total. The molecule has 6 rings (SSSR count). The van der Waals surface area contributed by atoms with Crippen molar-refractivity contribution in [2.45, 2.75) is 25.6 Å². The quantitative estimate of drug-likeness (QED) is 0.145. The predicted octanol–water partition coefficient (Wildman–Crippen LogP) is -0.484. The van der Waals surface area contributed by atoms with Gasteiger partial charge in [-0.05, 0) is 13.1 Å². The molecule has 3 amide bonds. The maximum atomic E-state index is 13.9. The van der Waals surface area contributed by atoms with Crippen LogP contribution in [0.2, 0.25) is 0 Å². The SMILES string of the molecule is COC(=O)NC(=N)c1ccc2cn(S(=O)(=O)N3CCN(C(=O)c4nc5c(s4)CN(C)CC5)C(C(=O)NCc4nn[nH]n4)C3)cc2c1. The Kier molecular flexibility index (Phi) is 8.51. The number of H-pyrrole nitrogens is 1. The van der Waals surface area contributed by atoms with E-state index < -0.39 is 34.2 Å². The third-order valence-corrected chi connectivity index (χ3v) is 10.5. The second-order valence-corrected chi connectivity index (χ2v) is 13.6. The second kappa shape index (κ2) is 12.5. The molecule has 5 heterocycles. The number of nitrogens with one attached hydrogen (secondary N) is 4. The van der Waals surface area contributed by atoms with Crippen molar-refractivity contribution in [2.24, 2.45) is 0 Å². The van der Waals surface area contributed by atoms with E-state index in [-0.39, 0.29) is 42.8 Å². The summed E-state index contributed by atoms with van der Waals surface area (Å²) in [5, 5.41) is 27.8. The molecule has 1 aromatic carbocycles. The minimum Gasteiger partial charge on any atom is -0.453 e. The van der Waals surface area contributed by atoms with Gasteiger partial charge in [0.05, 0.1) is 19.3 Å². The summed E-state index contributed by atoms with van der Waals surface area (Å²) in [6.07, 6.45) is 2.72. The molecule has 242 valence electrons. The number of nitrogens with zero attached hydrogens (tertiary/aromatic N) is 8. The number of tetrazole rings is 1. The fraction of sp³-hybridized carbons (Fsp3) is 0.385. The fourth-order valence-electron chi connectivity index (χ4n) is 5.28. The van der Waals surface area contributed by atoms with E-state index >= 15 is 0 Å². The van der Waals surface area contributed by atoms with Crippen molar-refractivity contribution in [3.63, 3.8) is 0 Å². The Labute approximate surface area is 266 Å². The second-order valence-electron chi connectivity index (χ2n) is 10.7. The van der Waals surface area contributed by atoms with Gasteiger partial charge in [-0.2, -0.15) is 17.9 Å². The van der Waals surface area contributed by atoms with Crippen LogP contribution in [-0.4, -0.2) is 122 Å². The van der Waals surface area contributed by atoms with E-state index in [1.54, 1.807) is 18.2 Å². The number of benzene rings is 1. The van der Waals surface area contributed by atoms with Gasteiger partial charge in [-0.3, -0.25) is 20.3 Å². The average molecular weight is 671 g/mol. The zero-order valence-corrected chi connectivity index (χ0v) is 26.4. The summed E-state index contributed by atoms with van der Waals surface area (Å²) in [7, 11) is -1.02. The number of likely N-dealkylation sites (N-methyl/N-ethyl adjacent to an activating group) is 1. The molecular formula is C26H30N12O6S2. The third kappa shape index (κ3) is 6.18. The maximum absolute atomic E-state index is 13.9. The van der Waals surface area contributed by atoms with Crippen LogP contribution in [0.3, 0.4) is 0 Å². The van der Waals surface area contributed by atoms with Crippen LogP contribution in [0.4, 0.5) is 4.79 Å². The number of rotatable bonds is 7. The normalized spacial score (nSPS) is 17.4. The Bertz CT molecular complexity index is 1920. The molecule has 46 heavy (non-hydrogen) atoms. The maximum Gasteiger partial charge on any atom is 0.412 e. The summed E-state index contributed by atoms with van der Waals surface area (Å²) in [6, 6.07) is 3.59. The largest absolute Gasteiger partial charge is 0.453 e. The monoisotopic (exact) mass is 670 g/mol. The predicted molar refractivity (Wildman–Crippen MR) is 163 cm³/mol. The summed E-state index contributed by atoms with van der Waals surface area (Å²) < 4.78 is 34.5. The minimum atomic E-state index is -4.20. The summed E-state index contributed by atoms with van der Waals surface area (Å²) in [5.74, 6) is -1.02. The number of hydrogen-bond donors (Lipinski definition) is 4. The van der Waals surface area contributed by atoms with Crippen molar-refractivity contribution in [1.29, 1.82) is 5.41 Å². The lowest BCUT2D eigenvalue weighted by Gasteiger charge is -2.39. The Morgan fingerprint density at radius 2 is 1.98 bits per heavy atom. The standard InChI is InChI=1S/C26H30N12O6S2/c1-35-6-5-18-20(14-35)45-24(29-18)25(40)38-8-7-36(13-19(38)23(39)28-10-21-31-33-34-32-21)46(42,43)37-11-16-4-3-15(9-17(16)12-37)22(27)30-26(41)44-2/h3-4,9,11-12,19H,5-8,10,13-14H2,1-2H3,(H,28,39)(H2,27,30,41)(H,31,32,33,34). The zero-order chi connectivity index (χ0) is 32.6. The van der Waals surface area contributed by atoms with Crippen LogP contribution < -0.4 is 10.6 Å². The Balaban J connectivity index is 1.25. The molecule has 0 spiro atoms. The fourth-order valence-corrected chi connectivity index (χ4v) is 7.82. The van der Waals surface area contributed by atoms with E-state index in [2.05, 4.69) is 45.9 Å². The van der Waals surface area contributed by atoms with Crippen molar-refractivity contribution < 1.29 is 27.5 Å². The molecule has 1 atom stereocenters. The van der Waals surface area contributed by atoms with Crippen molar-refractivity contribution >= 4 is 56.1 Å². The number of alkyl carbamates (subject to hydrolysis) is 1. The van der Waals surface area contributed by atoms with Gasteiger partial charge < -0.3 is 19.9 Å². The third-order valence-electron chi connectivity index (χ3n) is 7.73. The number of aromatic nitrogens is 6. The number of methoxy groups -OCH3 is 1. The Hall–Kier alpha value is -4.79. The van der Waals surface area contributed by atoms with E-state index in [1.165, 1.54) is 35.7 Å². The number of carbonyl (C=O) groups excluding carboxylic acids is 3. The van der Waals surface area contributed by atoms with Crippen LogP contribution in [0.25, 0.3) is 10.8 Å². The smallest absolute Gasteiger partial charge is 0.412 e. The van der Waals surface area contributed by atoms with Gasteiger partial charge in [0.1, 0.15) is 11.9 Å². The first-order valence-electron chi connectivity index (χ1n) is 14.1. The molecule has 3 aromatic heterocycles. The van der Waals surface area contributed by atoms with Crippen molar-refractivity contribution in [2.75, 3.05) is 40.3 Å². The Morgan fingerprint density at radius 1 is 1.17 bits per heavy atom. The van der Waals surface area contributed by atoms with Gasteiger partial charge in [-0.15, -0.1) is 21.5 Å². The number of carbonyl (C=O) groups is 3. The summed E-state index contributed by atoms with van der Waals surface area (Å²) in [5.41, 5.74) is 1.21. The van der Waals surface area contributed by atoms with Gasteiger partial charge in [0.2, 0.25) is 5.91 Å². The highest BCUT2D eigenvalue weighted by Crippen LogP contribution is 2.28. The number of piperazine rings is 1. The number of amidine groups is 1. The topological polar surface area (TPSA) is 224 Å². The molecule has 1 saturated heterocycles.